The molecule has 1 aliphatic heterocycles. The average molecular weight is 381 g/mol. The van der Waals surface area contributed by atoms with E-state index in [1.54, 1.807) is 23.2 Å². The fourth-order valence-corrected chi connectivity index (χ4v) is 3.16. The molecule has 3 aromatic rings. The molecular formula is C20H20FN5O2. The number of amides is 1. The van der Waals surface area contributed by atoms with Crippen LogP contribution in [0.4, 0.5) is 10.2 Å². The molecule has 0 atom stereocenters. The zero-order chi connectivity index (χ0) is 19.5. The van der Waals surface area contributed by atoms with Crippen LogP contribution in [0.1, 0.15) is 23.2 Å². The third-order valence-electron chi connectivity index (χ3n) is 4.74. The van der Waals surface area contributed by atoms with Crippen LogP contribution in [0.25, 0.3) is 11.4 Å². The van der Waals surface area contributed by atoms with Crippen molar-refractivity contribution in [1.29, 1.82) is 0 Å². The first kappa shape index (κ1) is 18.1. The van der Waals surface area contributed by atoms with E-state index < -0.39 is 5.82 Å². The maximum absolute atomic E-state index is 13.4. The molecule has 1 fully saturated rings. The summed E-state index contributed by atoms with van der Waals surface area (Å²) >= 11 is 0. The van der Waals surface area contributed by atoms with Gasteiger partial charge in [0.1, 0.15) is 11.6 Å². The van der Waals surface area contributed by atoms with Gasteiger partial charge in [0.05, 0.1) is 0 Å². The van der Waals surface area contributed by atoms with Crippen molar-refractivity contribution in [2.45, 2.75) is 13.3 Å². The number of anilines is 1. The summed E-state index contributed by atoms with van der Waals surface area (Å²) < 4.78 is 18.5. The van der Waals surface area contributed by atoms with Crippen molar-refractivity contribution in [1.82, 2.24) is 20.0 Å². The van der Waals surface area contributed by atoms with Crippen LogP contribution in [0.3, 0.4) is 0 Å². The molecule has 1 amide bonds. The van der Waals surface area contributed by atoms with Crippen LogP contribution in [0.2, 0.25) is 0 Å². The predicted molar refractivity (Wildman–Crippen MR) is 101 cm³/mol. The van der Waals surface area contributed by atoms with Gasteiger partial charge in [0.25, 0.3) is 5.91 Å². The minimum absolute atomic E-state index is 0.147. The van der Waals surface area contributed by atoms with Gasteiger partial charge >= 0.3 is 0 Å². The second-order valence-corrected chi connectivity index (χ2v) is 6.56. The molecule has 0 saturated carbocycles. The maximum atomic E-state index is 13.4. The zero-order valence-corrected chi connectivity index (χ0v) is 15.5. The van der Waals surface area contributed by atoms with Gasteiger partial charge in [-0.05, 0) is 30.3 Å². The minimum atomic E-state index is -0.401. The minimum Gasteiger partial charge on any atom is -0.353 e. The summed E-state index contributed by atoms with van der Waals surface area (Å²) in [6.07, 6.45) is 2.42. The Balaban J connectivity index is 1.39. The molecule has 1 aliphatic rings. The van der Waals surface area contributed by atoms with Crippen molar-refractivity contribution in [2.24, 2.45) is 0 Å². The first-order chi connectivity index (χ1) is 13.6. The van der Waals surface area contributed by atoms with Gasteiger partial charge in [-0.15, -0.1) is 0 Å². The summed E-state index contributed by atoms with van der Waals surface area (Å²) in [5.41, 5.74) is 1.18. The van der Waals surface area contributed by atoms with Gasteiger partial charge in [-0.1, -0.05) is 18.1 Å². The molecule has 3 heterocycles. The molecule has 0 radical (unpaired) electrons. The molecule has 8 heteroatoms. The molecular weight excluding hydrogens is 361 g/mol. The van der Waals surface area contributed by atoms with Crippen LogP contribution in [-0.4, -0.2) is 52.1 Å². The Kier molecular flexibility index (Phi) is 5.01. The Bertz CT molecular complexity index is 965. The summed E-state index contributed by atoms with van der Waals surface area (Å²) in [5, 5.41) is 3.95. The van der Waals surface area contributed by atoms with E-state index in [2.05, 4.69) is 20.0 Å². The highest BCUT2D eigenvalue weighted by Gasteiger charge is 2.23. The lowest BCUT2D eigenvalue weighted by atomic mass is 10.1. The number of aryl methyl sites for hydroxylation is 1. The van der Waals surface area contributed by atoms with Crippen LogP contribution in [-0.2, 0) is 6.42 Å². The van der Waals surface area contributed by atoms with Crippen molar-refractivity contribution >= 4 is 11.7 Å². The summed E-state index contributed by atoms with van der Waals surface area (Å²) in [5.74, 6) is 1.41. The predicted octanol–water partition coefficient (Wildman–Crippen LogP) is 2.80. The summed E-state index contributed by atoms with van der Waals surface area (Å²) in [6, 6.07) is 9.63. The molecule has 2 aromatic heterocycles. The number of benzene rings is 1. The Labute approximate surface area is 161 Å². The van der Waals surface area contributed by atoms with E-state index >= 15 is 0 Å². The van der Waals surface area contributed by atoms with E-state index in [4.69, 9.17) is 4.52 Å². The lowest BCUT2D eigenvalue weighted by Crippen LogP contribution is -2.49. The van der Waals surface area contributed by atoms with E-state index in [9.17, 15) is 9.18 Å². The van der Waals surface area contributed by atoms with Crippen molar-refractivity contribution in [2.75, 3.05) is 31.1 Å². The number of rotatable bonds is 4. The third kappa shape index (κ3) is 3.71. The third-order valence-corrected chi connectivity index (χ3v) is 4.74. The summed E-state index contributed by atoms with van der Waals surface area (Å²) in [7, 11) is 0. The first-order valence-electron chi connectivity index (χ1n) is 9.23. The van der Waals surface area contributed by atoms with Gasteiger partial charge in [0.15, 0.2) is 0 Å². The maximum Gasteiger partial charge on any atom is 0.254 e. The van der Waals surface area contributed by atoms with Gasteiger partial charge in [-0.25, -0.2) is 9.37 Å². The highest BCUT2D eigenvalue weighted by atomic mass is 19.1. The molecule has 0 bridgehead atoms. The second kappa shape index (κ2) is 7.75. The number of nitrogens with zero attached hydrogens (tertiary/aromatic N) is 5. The largest absolute Gasteiger partial charge is 0.353 e. The molecule has 1 saturated heterocycles. The van der Waals surface area contributed by atoms with Gasteiger partial charge in [0.2, 0.25) is 11.7 Å². The number of carbonyl (C=O) groups excluding carboxylic acids is 1. The molecule has 28 heavy (non-hydrogen) atoms. The van der Waals surface area contributed by atoms with Crippen LogP contribution in [0.5, 0.6) is 0 Å². The molecule has 7 nitrogen and oxygen atoms in total. The Morgan fingerprint density at radius 2 is 2.00 bits per heavy atom. The van der Waals surface area contributed by atoms with Gasteiger partial charge < -0.3 is 14.3 Å². The van der Waals surface area contributed by atoms with Gasteiger partial charge in [-0.3, -0.25) is 4.79 Å². The van der Waals surface area contributed by atoms with Crippen molar-refractivity contribution < 1.29 is 13.7 Å². The molecule has 0 aliphatic carbocycles. The van der Waals surface area contributed by atoms with Crippen LogP contribution in [0.15, 0.2) is 47.1 Å². The zero-order valence-electron chi connectivity index (χ0n) is 15.5. The van der Waals surface area contributed by atoms with E-state index in [0.717, 1.165) is 11.4 Å². The van der Waals surface area contributed by atoms with Crippen molar-refractivity contribution in [3.63, 3.8) is 0 Å². The lowest BCUT2D eigenvalue weighted by Gasteiger charge is -2.35. The van der Waals surface area contributed by atoms with E-state index in [-0.39, 0.29) is 5.91 Å². The number of pyridine rings is 1. The first-order valence-corrected chi connectivity index (χ1v) is 9.23. The highest BCUT2D eigenvalue weighted by Crippen LogP contribution is 2.20. The number of halogens is 1. The standard InChI is InChI=1S/C20H20FN5O2/c1-2-18-23-19(24-28-18)15-6-7-17(22-13-15)25-8-10-26(11-9-25)20(27)14-4-3-5-16(21)12-14/h3-7,12-13H,2,8-11H2,1H3. The molecule has 0 spiro atoms. The Morgan fingerprint density at radius 3 is 2.64 bits per heavy atom. The number of carbonyl (C=O) groups is 1. The molecule has 0 N–H and O–H groups in total. The number of aromatic nitrogens is 3. The number of hydrogen-bond donors (Lipinski definition) is 0. The van der Waals surface area contributed by atoms with Crippen LogP contribution < -0.4 is 4.90 Å². The molecule has 144 valence electrons. The van der Waals surface area contributed by atoms with Gasteiger partial charge in [-0.2, -0.15) is 4.98 Å². The van der Waals surface area contributed by atoms with E-state index in [1.807, 2.05) is 19.1 Å². The molecule has 1 aromatic carbocycles. The number of piperazine rings is 1. The second-order valence-electron chi connectivity index (χ2n) is 6.56. The highest BCUT2D eigenvalue weighted by molar-refractivity contribution is 5.94. The van der Waals surface area contributed by atoms with E-state index in [1.165, 1.54) is 12.1 Å². The topological polar surface area (TPSA) is 75.4 Å². The van der Waals surface area contributed by atoms with Crippen LogP contribution in [0, 0.1) is 5.82 Å². The van der Waals surface area contributed by atoms with Crippen molar-refractivity contribution in [3.05, 3.63) is 59.9 Å². The molecule has 4 rings (SSSR count). The van der Waals surface area contributed by atoms with E-state index in [0.29, 0.717) is 49.9 Å². The van der Waals surface area contributed by atoms with Crippen molar-refractivity contribution in [3.8, 4) is 11.4 Å². The van der Waals surface area contributed by atoms with Crippen LogP contribution >= 0.6 is 0 Å². The Morgan fingerprint density at radius 1 is 1.18 bits per heavy atom. The smallest absolute Gasteiger partial charge is 0.254 e. The average Bonchev–Trinajstić information content (AvgIpc) is 3.23. The summed E-state index contributed by atoms with van der Waals surface area (Å²) in [6.45, 7) is 4.40. The quantitative estimate of drug-likeness (QED) is 0.692. The monoisotopic (exact) mass is 381 g/mol. The fraction of sp³-hybridized carbons (Fsp3) is 0.300. The van der Waals surface area contributed by atoms with Gasteiger partial charge in [0, 0.05) is 49.9 Å². The Hall–Kier alpha value is -3.29. The normalized spacial score (nSPS) is 14.4. The number of hydrogen-bond acceptors (Lipinski definition) is 6. The SMILES string of the molecule is CCc1nc(-c2ccc(N3CCN(C(=O)c4cccc(F)c4)CC3)nc2)no1. The lowest BCUT2D eigenvalue weighted by molar-refractivity contribution is 0.0746. The fourth-order valence-electron chi connectivity index (χ4n) is 3.16. The molecule has 0 unspecified atom stereocenters. The summed E-state index contributed by atoms with van der Waals surface area (Å²) in [4.78, 5) is 25.2.